The van der Waals surface area contributed by atoms with Crippen LogP contribution >= 0.6 is 0 Å². The molecule has 2 saturated heterocycles. The van der Waals surface area contributed by atoms with E-state index in [1.54, 1.807) is 0 Å². The second-order valence-electron chi connectivity index (χ2n) is 6.19. The smallest absolute Gasteiger partial charge is 0.226 e. The molecule has 2 aliphatic heterocycles. The molecule has 2 heterocycles. The van der Waals surface area contributed by atoms with Gasteiger partial charge in [0.05, 0.1) is 18.1 Å². The summed E-state index contributed by atoms with van der Waals surface area (Å²) in [7, 11) is 0. The topological polar surface area (TPSA) is 81.4 Å². The molecule has 5 unspecified atom stereocenters. The zero-order valence-electron chi connectivity index (χ0n) is 11.1. The molecule has 0 radical (unpaired) electrons. The first-order valence-electron chi connectivity index (χ1n) is 7.38. The van der Waals surface area contributed by atoms with Gasteiger partial charge in [-0.05, 0) is 38.5 Å². The van der Waals surface area contributed by atoms with Crippen molar-refractivity contribution < 1.29 is 14.3 Å². The zero-order valence-corrected chi connectivity index (χ0v) is 11.1. The summed E-state index contributed by atoms with van der Waals surface area (Å²) >= 11 is 0. The van der Waals surface area contributed by atoms with E-state index in [9.17, 15) is 9.59 Å². The van der Waals surface area contributed by atoms with Gasteiger partial charge >= 0.3 is 0 Å². The highest BCUT2D eigenvalue weighted by molar-refractivity contribution is 5.80. The third-order valence-corrected chi connectivity index (χ3v) is 4.87. The molecule has 3 rings (SSSR count). The number of hydrogen-bond acceptors (Lipinski definition) is 3. The van der Waals surface area contributed by atoms with Crippen molar-refractivity contribution in [2.24, 2.45) is 17.6 Å². The molecule has 5 heteroatoms. The fourth-order valence-corrected chi connectivity index (χ4v) is 3.80. The first kappa shape index (κ1) is 12.9. The van der Waals surface area contributed by atoms with E-state index in [1.807, 2.05) is 0 Å². The highest BCUT2D eigenvalue weighted by Crippen LogP contribution is 2.39. The minimum atomic E-state index is -0.234. The van der Waals surface area contributed by atoms with Crippen LogP contribution < -0.4 is 11.1 Å². The molecule has 0 aromatic rings. The third-order valence-electron chi connectivity index (χ3n) is 4.87. The van der Waals surface area contributed by atoms with Gasteiger partial charge in [-0.3, -0.25) is 9.59 Å². The van der Waals surface area contributed by atoms with Gasteiger partial charge in [-0.15, -0.1) is 0 Å². The van der Waals surface area contributed by atoms with Crippen LogP contribution in [0.2, 0.25) is 0 Å². The number of ether oxygens (including phenoxy) is 1. The summed E-state index contributed by atoms with van der Waals surface area (Å²) in [6.07, 6.45) is 6.87. The van der Waals surface area contributed by atoms with E-state index >= 15 is 0 Å². The van der Waals surface area contributed by atoms with E-state index in [0.29, 0.717) is 12.5 Å². The van der Waals surface area contributed by atoms with E-state index in [0.717, 1.165) is 38.5 Å². The van der Waals surface area contributed by atoms with E-state index in [-0.39, 0.29) is 35.8 Å². The molecule has 3 aliphatic rings. The summed E-state index contributed by atoms with van der Waals surface area (Å²) in [5.41, 5.74) is 5.36. The Morgan fingerprint density at radius 1 is 1.11 bits per heavy atom. The minimum absolute atomic E-state index is 0.0210. The van der Waals surface area contributed by atoms with Gasteiger partial charge in [-0.1, -0.05) is 6.42 Å². The van der Waals surface area contributed by atoms with Crippen molar-refractivity contribution in [3.05, 3.63) is 0 Å². The van der Waals surface area contributed by atoms with Crippen LogP contribution in [0.4, 0.5) is 0 Å². The predicted molar refractivity (Wildman–Crippen MR) is 69.1 cm³/mol. The quantitative estimate of drug-likeness (QED) is 0.789. The van der Waals surface area contributed by atoms with Crippen molar-refractivity contribution in [2.45, 2.75) is 63.2 Å². The maximum atomic E-state index is 12.3. The van der Waals surface area contributed by atoms with Gasteiger partial charge in [-0.2, -0.15) is 0 Å². The zero-order chi connectivity index (χ0) is 13.4. The number of primary amides is 1. The standard InChI is InChI=1S/C14H22N2O3/c15-13(17)8-2-1-3-9(6-8)16-14(18)11-7-10-4-5-12(11)19-10/h8-12H,1-7H2,(H2,15,17)(H,16,18). The lowest BCUT2D eigenvalue weighted by Crippen LogP contribution is -2.45. The van der Waals surface area contributed by atoms with Crippen molar-refractivity contribution >= 4 is 11.8 Å². The highest BCUT2D eigenvalue weighted by atomic mass is 16.5. The summed E-state index contributed by atoms with van der Waals surface area (Å²) in [5.74, 6) is -0.174. The van der Waals surface area contributed by atoms with Crippen LogP contribution in [-0.4, -0.2) is 30.1 Å². The third kappa shape index (κ3) is 2.61. The van der Waals surface area contributed by atoms with Gasteiger partial charge in [0.1, 0.15) is 0 Å². The van der Waals surface area contributed by atoms with E-state index < -0.39 is 0 Å². The fraction of sp³-hybridized carbons (Fsp3) is 0.857. The number of rotatable bonds is 3. The molecular weight excluding hydrogens is 244 g/mol. The van der Waals surface area contributed by atoms with Crippen LogP contribution in [0, 0.1) is 11.8 Å². The van der Waals surface area contributed by atoms with Crippen molar-refractivity contribution in [2.75, 3.05) is 0 Å². The number of amides is 2. The van der Waals surface area contributed by atoms with Gasteiger partial charge < -0.3 is 15.8 Å². The largest absolute Gasteiger partial charge is 0.374 e. The normalized spacial score (nSPS) is 41.2. The molecule has 5 atom stereocenters. The Kier molecular flexibility index (Phi) is 3.48. The number of nitrogens with two attached hydrogens (primary N) is 1. The van der Waals surface area contributed by atoms with Gasteiger partial charge in [0, 0.05) is 12.0 Å². The lowest BCUT2D eigenvalue weighted by atomic mass is 9.84. The lowest BCUT2D eigenvalue weighted by Gasteiger charge is -2.29. The molecular formula is C14H22N2O3. The van der Waals surface area contributed by atoms with Crippen LogP contribution in [-0.2, 0) is 14.3 Å². The Hall–Kier alpha value is -1.10. The summed E-state index contributed by atoms with van der Waals surface area (Å²) in [4.78, 5) is 23.5. The molecule has 3 N–H and O–H groups in total. The van der Waals surface area contributed by atoms with Crippen molar-refractivity contribution in [1.29, 1.82) is 0 Å². The Bertz CT molecular complexity index is 385. The predicted octanol–water partition coefficient (Wildman–Crippen LogP) is 0.714. The Balaban J connectivity index is 1.53. The van der Waals surface area contributed by atoms with Gasteiger partial charge in [0.25, 0.3) is 0 Å². The van der Waals surface area contributed by atoms with Crippen LogP contribution in [0.1, 0.15) is 44.9 Å². The number of nitrogens with one attached hydrogen (secondary N) is 1. The van der Waals surface area contributed by atoms with Crippen LogP contribution in [0.5, 0.6) is 0 Å². The average Bonchev–Trinajstić information content (AvgIpc) is 3.01. The number of carbonyl (C=O) groups is 2. The summed E-state index contributed by atoms with van der Waals surface area (Å²) in [6.45, 7) is 0. The molecule has 1 saturated carbocycles. The molecule has 0 aromatic carbocycles. The first-order valence-corrected chi connectivity index (χ1v) is 7.38. The molecule has 2 bridgehead atoms. The maximum absolute atomic E-state index is 12.3. The minimum Gasteiger partial charge on any atom is -0.374 e. The maximum Gasteiger partial charge on any atom is 0.226 e. The van der Waals surface area contributed by atoms with E-state index in [4.69, 9.17) is 10.5 Å². The molecule has 106 valence electrons. The Morgan fingerprint density at radius 2 is 1.95 bits per heavy atom. The van der Waals surface area contributed by atoms with Gasteiger partial charge in [0.15, 0.2) is 0 Å². The second kappa shape index (κ2) is 5.12. The van der Waals surface area contributed by atoms with Crippen LogP contribution in [0.3, 0.4) is 0 Å². The molecule has 3 fully saturated rings. The molecule has 0 aromatic heterocycles. The molecule has 19 heavy (non-hydrogen) atoms. The van der Waals surface area contributed by atoms with Crippen molar-refractivity contribution in [3.63, 3.8) is 0 Å². The summed E-state index contributed by atoms with van der Waals surface area (Å²) in [5, 5.41) is 3.10. The van der Waals surface area contributed by atoms with Gasteiger partial charge in [-0.25, -0.2) is 0 Å². The monoisotopic (exact) mass is 266 g/mol. The summed E-state index contributed by atoms with van der Waals surface area (Å²) in [6, 6.07) is 0.109. The number of fused-ring (bicyclic) bond motifs is 2. The highest BCUT2D eigenvalue weighted by Gasteiger charge is 2.44. The number of hydrogen-bond donors (Lipinski definition) is 2. The second-order valence-corrected chi connectivity index (χ2v) is 6.19. The molecule has 1 aliphatic carbocycles. The van der Waals surface area contributed by atoms with Crippen LogP contribution in [0.15, 0.2) is 0 Å². The van der Waals surface area contributed by atoms with Crippen LogP contribution in [0.25, 0.3) is 0 Å². The lowest BCUT2D eigenvalue weighted by molar-refractivity contribution is -0.129. The van der Waals surface area contributed by atoms with Gasteiger partial charge in [0.2, 0.25) is 11.8 Å². The van der Waals surface area contributed by atoms with Crippen molar-refractivity contribution in [1.82, 2.24) is 5.32 Å². The van der Waals surface area contributed by atoms with Crippen molar-refractivity contribution in [3.8, 4) is 0 Å². The van der Waals surface area contributed by atoms with E-state index in [1.165, 1.54) is 0 Å². The Labute approximate surface area is 113 Å². The average molecular weight is 266 g/mol. The summed E-state index contributed by atoms with van der Waals surface area (Å²) < 4.78 is 5.72. The Morgan fingerprint density at radius 3 is 2.58 bits per heavy atom. The SMILES string of the molecule is NC(=O)C1CCCC(NC(=O)C2CC3CCC2O3)C1. The first-order chi connectivity index (χ1) is 9.13. The van der Waals surface area contributed by atoms with E-state index in [2.05, 4.69) is 5.32 Å². The molecule has 5 nitrogen and oxygen atoms in total. The number of carbonyl (C=O) groups excluding carboxylic acids is 2. The molecule has 2 amide bonds. The fourth-order valence-electron chi connectivity index (χ4n) is 3.80. The molecule has 0 spiro atoms.